The number of nitrogens with one attached hydrogen (secondary N) is 1. The molecular formula is C13H23N2O3S+. The molecule has 1 amide bonds. The molecule has 19 heavy (non-hydrogen) atoms. The number of carbonyl (C=O) groups excluding carboxylic acids is 1. The second-order valence-corrected chi connectivity index (χ2v) is 6.27. The van der Waals surface area contributed by atoms with Gasteiger partial charge in [0.15, 0.2) is 12.2 Å². The van der Waals surface area contributed by atoms with Crippen molar-refractivity contribution in [2.45, 2.75) is 46.3 Å². The van der Waals surface area contributed by atoms with Gasteiger partial charge >= 0.3 is 6.09 Å². The highest BCUT2D eigenvalue weighted by atomic mass is 32.1. The average Bonchev–Trinajstić information content (AvgIpc) is 2.59. The first kappa shape index (κ1) is 15.9. The molecule has 0 bridgehead atoms. The molecule has 2 N–H and O–H groups in total. The molecule has 0 saturated carbocycles. The second kappa shape index (κ2) is 6.86. The lowest BCUT2D eigenvalue weighted by molar-refractivity contribution is -0.696. The zero-order valence-electron chi connectivity index (χ0n) is 12.0. The number of alkyl carbamates (subject to hydrolysis) is 1. The maximum Gasteiger partial charge on any atom is 0.407 e. The monoisotopic (exact) mass is 287 g/mol. The van der Waals surface area contributed by atoms with E-state index in [9.17, 15) is 4.79 Å². The molecule has 0 unspecified atom stereocenters. The fourth-order valence-corrected chi connectivity index (χ4v) is 2.62. The van der Waals surface area contributed by atoms with Gasteiger partial charge in [-0.2, -0.15) is 4.57 Å². The van der Waals surface area contributed by atoms with Gasteiger partial charge in [-0.05, 0) is 20.8 Å². The minimum atomic E-state index is -0.468. The Hall–Kier alpha value is -1.14. The van der Waals surface area contributed by atoms with Crippen LogP contribution in [0.4, 0.5) is 4.79 Å². The van der Waals surface area contributed by atoms with E-state index in [-0.39, 0.29) is 6.61 Å². The largest absolute Gasteiger partial charge is 0.444 e. The van der Waals surface area contributed by atoms with Crippen LogP contribution in [-0.4, -0.2) is 30.0 Å². The molecule has 0 aliphatic heterocycles. The number of nitrogens with zero attached hydrogens (tertiary/aromatic N) is 1. The van der Waals surface area contributed by atoms with Crippen molar-refractivity contribution in [3.05, 3.63) is 16.1 Å². The van der Waals surface area contributed by atoms with E-state index in [1.54, 1.807) is 11.3 Å². The van der Waals surface area contributed by atoms with Gasteiger partial charge in [-0.15, -0.1) is 0 Å². The van der Waals surface area contributed by atoms with Crippen LogP contribution in [0.15, 0.2) is 5.51 Å². The smallest absolute Gasteiger partial charge is 0.407 e. The van der Waals surface area contributed by atoms with Crippen LogP contribution < -0.4 is 9.88 Å². The van der Waals surface area contributed by atoms with Gasteiger partial charge in [0.05, 0.1) is 11.4 Å². The van der Waals surface area contributed by atoms with E-state index in [1.807, 2.05) is 33.2 Å². The predicted octanol–water partition coefficient (Wildman–Crippen LogP) is 1.40. The van der Waals surface area contributed by atoms with Crippen molar-refractivity contribution < 1.29 is 19.2 Å². The predicted molar refractivity (Wildman–Crippen MR) is 74.3 cm³/mol. The number of aromatic nitrogens is 1. The standard InChI is InChI=1S/C13H22N2O3S/c1-10-11(5-8-16)19-9-15(10)7-6-14-12(17)18-13(2,3)4/h9,16H,5-8H2,1-4H3/p+1. The summed E-state index contributed by atoms with van der Waals surface area (Å²) in [5.74, 6) is 0. The van der Waals surface area contributed by atoms with Gasteiger partial charge in [0.25, 0.3) is 0 Å². The Morgan fingerprint density at radius 1 is 1.53 bits per heavy atom. The fraction of sp³-hybridized carbons (Fsp3) is 0.692. The molecule has 1 heterocycles. The molecule has 0 aliphatic rings. The van der Waals surface area contributed by atoms with Crippen LogP contribution in [0.1, 0.15) is 31.3 Å². The Balaban J connectivity index is 2.39. The van der Waals surface area contributed by atoms with Crippen LogP contribution >= 0.6 is 11.3 Å². The molecule has 0 saturated heterocycles. The van der Waals surface area contributed by atoms with Crippen molar-refractivity contribution in [2.24, 2.45) is 0 Å². The highest BCUT2D eigenvalue weighted by Gasteiger charge is 2.17. The summed E-state index contributed by atoms with van der Waals surface area (Å²) in [5.41, 5.74) is 2.69. The molecule has 0 spiro atoms. The summed E-state index contributed by atoms with van der Waals surface area (Å²) >= 11 is 1.63. The van der Waals surface area contributed by atoms with Gasteiger partial charge in [-0.1, -0.05) is 11.3 Å². The molecular weight excluding hydrogens is 264 g/mol. The summed E-state index contributed by atoms with van der Waals surface area (Å²) in [6, 6.07) is 0. The van der Waals surface area contributed by atoms with Crippen molar-refractivity contribution in [1.82, 2.24) is 5.32 Å². The Morgan fingerprint density at radius 2 is 2.21 bits per heavy atom. The van der Waals surface area contributed by atoms with Crippen LogP contribution in [0.3, 0.4) is 0 Å². The molecule has 1 aromatic rings. The normalized spacial score (nSPS) is 11.4. The summed E-state index contributed by atoms with van der Waals surface area (Å²) < 4.78 is 7.24. The molecule has 1 rings (SSSR count). The quantitative estimate of drug-likeness (QED) is 0.805. The number of aliphatic hydroxyl groups is 1. The lowest BCUT2D eigenvalue weighted by atomic mass is 10.2. The molecule has 0 aliphatic carbocycles. The van der Waals surface area contributed by atoms with Gasteiger partial charge in [-0.3, -0.25) is 0 Å². The summed E-state index contributed by atoms with van der Waals surface area (Å²) in [6.45, 7) is 8.93. The first-order valence-corrected chi connectivity index (χ1v) is 7.25. The number of hydrogen-bond donors (Lipinski definition) is 2. The zero-order valence-corrected chi connectivity index (χ0v) is 12.8. The Morgan fingerprint density at radius 3 is 2.79 bits per heavy atom. The van der Waals surface area contributed by atoms with Crippen molar-refractivity contribution in [2.75, 3.05) is 13.2 Å². The summed E-state index contributed by atoms with van der Waals surface area (Å²) in [7, 11) is 0. The third-order valence-corrected chi connectivity index (χ3v) is 3.66. The third kappa shape index (κ3) is 5.57. The van der Waals surface area contributed by atoms with Crippen LogP contribution in [-0.2, 0) is 17.7 Å². The second-order valence-electron chi connectivity index (χ2n) is 5.33. The number of rotatable bonds is 5. The lowest BCUT2D eigenvalue weighted by Crippen LogP contribution is -2.42. The number of carbonyl (C=O) groups is 1. The van der Waals surface area contributed by atoms with Crippen molar-refractivity contribution in [3.8, 4) is 0 Å². The van der Waals surface area contributed by atoms with E-state index < -0.39 is 11.7 Å². The number of amides is 1. The molecule has 0 aromatic carbocycles. The first-order valence-electron chi connectivity index (χ1n) is 6.37. The van der Waals surface area contributed by atoms with Gasteiger partial charge in [0, 0.05) is 20.0 Å². The number of thiazole rings is 1. The Kier molecular flexibility index (Phi) is 5.75. The molecule has 0 atom stereocenters. The minimum Gasteiger partial charge on any atom is -0.444 e. The number of ether oxygens (including phenoxy) is 1. The maximum absolute atomic E-state index is 11.5. The van der Waals surface area contributed by atoms with Gasteiger partial charge < -0.3 is 15.2 Å². The van der Waals surface area contributed by atoms with Gasteiger partial charge in [0.1, 0.15) is 5.60 Å². The van der Waals surface area contributed by atoms with Crippen molar-refractivity contribution in [1.29, 1.82) is 0 Å². The van der Waals surface area contributed by atoms with E-state index in [2.05, 4.69) is 9.88 Å². The molecule has 0 radical (unpaired) electrons. The maximum atomic E-state index is 11.5. The van der Waals surface area contributed by atoms with Crippen LogP contribution in [0, 0.1) is 6.92 Å². The number of hydrogen-bond acceptors (Lipinski definition) is 4. The topological polar surface area (TPSA) is 62.4 Å². The van der Waals surface area contributed by atoms with E-state index in [0.717, 1.165) is 5.69 Å². The van der Waals surface area contributed by atoms with Crippen LogP contribution in [0.5, 0.6) is 0 Å². The van der Waals surface area contributed by atoms with E-state index in [1.165, 1.54) is 4.88 Å². The SMILES string of the molecule is Cc1c(CCO)sc[n+]1CCNC(=O)OC(C)(C)C. The van der Waals surface area contributed by atoms with Crippen LogP contribution in [0.2, 0.25) is 0 Å². The van der Waals surface area contributed by atoms with E-state index >= 15 is 0 Å². The van der Waals surface area contributed by atoms with Gasteiger partial charge in [0.2, 0.25) is 5.51 Å². The summed E-state index contributed by atoms with van der Waals surface area (Å²) in [6.07, 6.45) is 0.291. The molecule has 0 fully saturated rings. The average molecular weight is 287 g/mol. The third-order valence-electron chi connectivity index (χ3n) is 2.52. The minimum absolute atomic E-state index is 0.164. The number of aliphatic hydroxyl groups excluding tert-OH is 1. The Labute approximate surface area is 118 Å². The zero-order chi connectivity index (χ0) is 14.5. The molecule has 1 aromatic heterocycles. The summed E-state index contributed by atoms with van der Waals surface area (Å²) in [4.78, 5) is 12.6. The van der Waals surface area contributed by atoms with Crippen molar-refractivity contribution in [3.63, 3.8) is 0 Å². The van der Waals surface area contributed by atoms with E-state index in [4.69, 9.17) is 9.84 Å². The van der Waals surface area contributed by atoms with Crippen molar-refractivity contribution >= 4 is 17.4 Å². The summed E-state index contributed by atoms with van der Waals surface area (Å²) in [5, 5.41) is 11.7. The highest BCUT2D eigenvalue weighted by Crippen LogP contribution is 2.11. The first-order chi connectivity index (χ1) is 8.83. The molecule has 108 valence electrons. The lowest BCUT2D eigenvalue weighted by Gasteiger charge is -2.19. The van der Waals surface area contributed by atoms with E-state index in [0.29, 0.717) is 19.5 Å². The fourth-order valence-electron chi connectivity index (χ4n) is 1.61. The Bertz CT molecular complexity index is 424. The van der Waals surface area contributed by atoms with Crippen LogP contribution in [0.25, 0.3) is 0 Å². The molecule has 5 nitrogen and oxygen atoms in total. The highest BCUT2D eigenvalue weighted by molar-refractivity contribution is 7.09. The van der Waals surface area contributed by atoms with Gasteiger partial charge in [-0.25, -0.2) is 4.79 Å². The molecule has 6 heteroatoms.